The molecule has 0 aliphatic heterocycles. The lowest BCUT2D eigenvalue weighted by Crippen LogP contribution is -2.37. The number of carbonyl (C=O) groups excluding carboxylic acids is 1. The first-order valence-corrected chi connectivity index (χ1v) is 8.53. The summed E-state index contributed by atoms with van der Waals surface area (Å²) in [4.78, 5) is 12.3. The molecule has 1 heterocycles. The van der Waals surface area contributed by atoms with Crippen LogP contribution < -0.4 is 5.32 Å². The van der Waals surface area contributed by atoms with Crippen LogP contribution in [-0.2, 0) is 4.79 Å². The minimum absolute atomic E-state index is 0.0179. The molecular weight excluding hydrogens is 317 g/mol. The average molecular weight is 335 g/mol. The van der Waals surface area contributed by atoms with Gasteiger partial charge in [0.05, 0.1) is 10.9 Å². The largest absolute Gasteiger partial charge is 0.352 e. The summed E-state index contributed by atoms with van der Waals surface area (Å²) in [6.07, 6.45) is 4.43. The Balaban J connectivity index is 1.68. The molecule has 1 aliphatic rings. The van der Waals surface area contributed by atoms with Crippen LogP contribution in [0.25, 0.3) is 5.69 Å². The Labute approximate surface area is 137 Å². The second-order valence-electron chi connectivity index (χ2n) is 5.60. The van der Waals surface area contributed by atoms with Gasteiger partial charge < -0.3 is 5.32 Å². The van der Waals surface area contributed by atoms with Crippen molar-refractivity contribution in [3.63, 3.8) is 0 Å². The van der Waals surface area contributed by atoms with Crippen LogP contribution in [-0.4, -0.2) is 37.4 Å². The van der Waals surface area contributed by atoms with Gasteiger partial charge in [-0.2, -0.15) is 4.68 Å². The van der Waals surface area contributed by atoms with Gasteiger partial charge in [-0.05, 0) is 48.4 Å². The summed E-state index contributed by atoms with van der Waals surface area (Å²) in [5.41, 5.74) is 0.529. The Hall–Kier alpha value is -1.96. The van der Waals surface area contributed by atoms with Crippen molar-refractivity contribution < 1.29 is 9.18 Å². The van der Waals surface area contributed by atoms with Crippen molar-refractivity contribution in [3.05, 3.63) is 30.1 Å². The molecule has 0 saturated heterocycles. The lowest BCUT2D eigenvalue weighted by molar-refractivity contribution is -0.120. The number of hydrogen-bond donors (Lipinski definition) is 1. The predicted molar refractivity (Wildman–Crippen MR) is 84.8 cm³/mol. The number of tetrazole rings is 1. The fourth-order valence-electron chi connectivity index (χ4n) is 2.62. The Bertz CT molecular complexity index is 686. The molecule has 3 rings (SSSR count). The van der Waals surface area contributed by atoms with E-state index in [4.69, 9.17) is 0 Å². The fraction of sp³-hybridized carbons (Fsp3) is 0.467. The first-order chi connectivity index (χ1) is 11.1. The third-order valence-corrected chi connectivity index (χ3v) is 4.88. The number of nitrogens with zero attached hydrogens (tertiary/aromatic N) is 4. The van der Waals surface area contributed by atoms with Crippen LogP contribution in [0.15, 0.2) is 29.4 Å². The zero-order chi connectivity index (χ0) is 16.2. The summed E-state index contributed by atoms with van der Waals surface area (Å²) in [5.74, 6) is -0.378. The first kappa shape index (κ1) is 15.9. The molecule has 0 unspecified atom stereocenters. The maximum absolute atomic E-state index is 13.4. The van der Waals surface area contributed by atoms with Crippen LogP contribution in [0.1, 0.15) is 32.6 Å². The lowest BCUT2D eigenvalue weighted by atomic mass is 10.2. The topological polar surface area (TPSA) is 72.7 Å². The number of amides is 1. The van der Waals surface area contributed by atoms with Crippen LogP contribution >= 0.6 is 11.8 Å². The molecule has 1 atom stereocenters. The Kier molecular flexibility index (Phi) is 4.90. The van der Waals surface area contributed by atoms with E-state index in [1.807, 2.05) is 6.92 Å². The van der Waals surface area contributed by atoms with Crippen LogP contribution in [0.4, 0.5) is 4.39 Å². The van der Waals surface area contributed by atoms with Crippen molar-refractivity contribution in [2.45, 2.75) is 49.1 Å². The minimum atomic E-state index is -0.360. The molecule has 1 saturated carbocycles. The van der Waals surface area contributed by atoms with Gasteiger partial charge >= 0.3 is 0 Å². The van der Waals surface area contributed by atoms with Gasteiger partial charge in [0, 0.05) is 6.04 Å². The lowest BCUT2D eigenvalue weighted by Gasteiger charge is -2.15. The van der Waals surface area contributed by atoms with Gasteiger partial charge in [0.2, 0.25) is 11.1 Å². The summed E-state index contributed by atoms with van der Waals surface area (Å²) in [7, 11) is 0. The van der Waals surface area contributed by atoms with Crippen molar-refractivity contribution >= 4 is 17.7 Å². The number of carbonyl (C=O) groups is 1. The highest BCUT2D eigenvalue weighted by atomic mass is 32.2. The van der Waals surface area contributed by atoms with E-state index in [0.29, 0.717) is 10.8 Å². The number of rotatable bonds is 5. The van der Waals surface area contributed by atoms with Crippen molar-refractivity contribution in [3.8, 4) is 5.69 Å². The van der Waals surface area contributed by atoms with E-state index in [9.17, 15) is 9.18 Å². The summed E-state index contributed by atoms with van der Waals surface area (Å²) < 4.78 is 14.8. The molecule has 1 aromatic carbocycles. The van der Waals surface area contributed by atoms with Crippen molar-refractivity contribution in [1.82, 2.24) is 25.5 Å². The monoisotopic (exact) mass is 335 g/mol. The molecule has 1 fully saturated rings. The normalized spacial score (nSPS) is 16.4. The quantitative estimate of drug-likeness (QED) is 0.849. The van der Waals surface area contributed by atoms with E-state index >= 15 is 0 Å². The molecule has 0 radical (unpaired) electrons. The number of benzene rings is 1. The Morgan fingerprint density at radius 1 is 1.43 bits per heavy atom. The summed E-state index contributed by atoms with van der Waals surface area (Å²) in [6, 6.07) is 6.30. The molecule has 0 spiro atoms. The molecule has 1 N–H and O–H groups in total. The van der Waals surface area contributed by atoms with Crippen LogP contribution in [0.2, 0.25) is 0 Å². The Morgan fingerprint density at radius 3 is 2.96 bits per heavy atom. The predicted octanol–water partition coefficient (Wildman–Crippen LogP) is 2.34. The molecule has 0 bridgehead atoms. The standard InChI is InChI=1S/C15H18FN5OS/c1-10(14(22)17-12-6-2-3-7-12)23-15-18-19-20-21(15)13-8-4-5-11(16)9-13/h4-5,8-10,12H,2-3,6-7H2,1H3,(H,17,22)/t10-/m0/s1. The molecule has 122 valence electrons. The van der Waals surface area contributed by atoms with Gasteiger partial charge in [0.15, 0.2) is 0 Å². The molecule has 1 aliphatic carbocycles. The van der Waals surface area contributed by atoms with E-state index in [1.54, 1.807) is 12.1 Å². The van der Waals surface area contributed by atoms with E-state index < -0.39 is 0 Å². The van der Waals surface area contributed by atoms with Crippen LogP contribution in [0.3, 0.4) is 0 Å². The molecule has 1 amide bonds. The van der Waals surface area contributed by atoms with E-state index in [1.165, 1.54) is 41.4 Å². The second-order valence-corrected chi connectivity index (χ2v) is 6.91. The molecule has 23 heavy (non-hydrogen) atoms. The Morgan fingerprint density at radius 2 is 2.22 bits per heavy atom. The molecular formula is C15H18FN5OS. The number of hydrogen-bond acceptors (Lipinski definition) is 5. The van der Waals surface area contributed by atoms with E-state index in [0.717, 1.165) is 12.8 Å². The SMILES string of the molecule is C[C@H](Sc1nnnn1-c1cccc(F)c1)C(=O)NC1CCCC1. The van der Waals surface area contributed by atoms with Gasteiger partial charge in [-0.25, -0.2) is 4.39 Å². The van der Waals surface area contributed by atoms with Crippen LogP contribution in [0, 0.1) is 5.82 Å². The number of thioether (sulfide) groups is 1. The van der Waals surface area contributed by atoms with Crippen molar-refractivity contribution in [2.75, 3.05) is 0 Å². The summed E-state index contributed by atoms with van der Waals surface area (Å²) >= 11 is 1.26. The molecule has 1 aromatic heterocycles. The highest BCUT2D eigenvalue weighted by Gasteiger charge is 2.23. The average Bonchev–Trinajstić information content (AvgIpc) is 3.18. The van der Waals surface area contributed by atoms with Crippen molar-refractivity contribution in [2.24, 2.45) is 0 Å². The third-order valence-electron chi connectivity index (χ3n) is 3.85. The third kappa shape index (κ3) is 3.87. The van der Waals surface area contributed by atoms with Gasteiger partial charge in [-0.3, -0.25) is 4.79 Å². The van der Waals surface area contributed by atoms with Crippen molar-refractivity contribution in [1.29, 1.82) is 0 Å². The number of aromatic nitrogens is 4. The first-order valence-electron chi connectivity index (χ1n) is 7.65. The van der Waals surface area contributed by atoms with Crippen LogP contribution in [0.5, 0.6) is 0 Å². The number of halogens is 1. The maximum Gasteiger partial charge on any atom is 0.233 e. The van der Waals surface area contributed by atoms with Gasteiger partial charge in [0.25, 0.3) is 0 Å². The summed E-state index contributed by atoms with van der Waals surface area (Å²) in [6.45, 7) is 1.82. The highest BCUT2D eigenvalue weighted by molar-refractivity contribution is 8.00. The second kappa shape index (κ2) is 7.08. The zero-order valence-corrected chi connectivity index (χ0v) is 13.6. The number of nitrogens with one attached hydrogen (secondary N) is 1. The summed E-state index contributed by atoms with van der Waals surface area (Å²) in [5, 5.41) is 14.6. The molecule has 6 nitrogen and oxygen atoms in total. The van der Waals surface area contributed by atoms with E-state index in [2.05, 4.69) is 20.8 Å². The van der Waals surface area contributed by atoms with Gasteiger partial charge in [-0.1, -0.05) is 30.7 Å². The smallest absolute Gasteiger partial charge is 0.233 e. The maximum atomic E-state index is 13.4. The zero-order valence-electron chi connectivity index (χ0n) is 12.8. The highest BCUT2D eigenvalue weighted by Crippen LogP contribution is 2.24. The fourth-order valence-corrected chi connectivity index (χ4v) is 3.44. The van der Waals surface area contributed by atoms with Gasteiger partial charge in [0.1, 0.15) is 5.82 Å². The van der Waals surface area contributed by atoms with Gasteiger partial charge in [-0.15, -0.1) is 5.10 Å². The molecule has 2 aromatic rings. The van der Waals surface area contributed by atoms with E-state index in [-0.39, 0.29) is 23.0 Å². The molecule has 8 heteroatoms. The minimum Gasteiger partial charge on any atom is -0.352 e.